The number of rotatable bonds is 4. The molecule has 26 heavy (non-hydrogen) atoms. The molecule has 1 unspecified atom stereocenters. The van der Waals surface area contributed by atoms with Crippen LogP contribution in [0.2, 0.25) is 5.02 Å². The van der Waals surface area contributed by atoms with Gasteiger partial charge in [-0.2, -0.15) is 0 Å². The number of carbonyl (C=O) groups is 1. The van der Waals surface area contributed by atoms with Crippen LogP contribution in [0.15, 0.2) is 72.8 Å². The average Bonchev–Trinajstić information content (AvgIpc) is 3.07. The molecule has 0 bridgehead atoms. The first-order valence-corrected chi connectivity index (χ1v) is 8.94. The zero-order valence-electron chi connectivity index (χ0n) is 14.1. The van der Waals surface area contributed by atoms with Crippen molar-refractivity contribution in [1.29, 1.82) is 0 Å². The van der Waals surface area contributed by atoms with Crippen LogP contribution in [0.3, 0.4) is 0 Å². The van der Waals surface area contributed by atoms with E-state index >= 15 is 0 Å². The molecule has 0 spiro atoms. The lowest BCUT2D eigenvalue weighted by atomic mass is 10.0. The molecule has 0 saturated heterocycles. The van der Waals surface area contributed by atoms with Gasteiger partial charge in [-0.15, -0.1) is 0 Å². The molecule has 130 valence electrons. The molecule has 3 aromatic rings. The molecule has 1 aliphatic rings. The van der Waals surface area contributed by atoms with Gasteiger partial charge in [0.1, 0.15) is 5.75 Å². The molecule has 1 N–H and O–H groups in total. The monoisotopic (exact) mass is 363 g/mol. The number of benzene rings is 3. The Morgan fingerprint density at radius 3 is 2.65 bits per heavy atom. The Bertz CT molecular complexity index is 940. The largest absolute Gasteiger partial charge is 0.480 e. The van der Waals surface area contributed by atoms with Gasteiger partial charge in [0.25, 0.3) is 5.91 Å². The standard InChI is InChI=1S/C22H18ClNO2/c23-18-10-11-20-17(13-18)14-21(26-20)22(25)24-19-9-5-4-8-16(19)12-15-6-2-1-3-7-15/h1-11,13,21H,12,14H2,(H,24,25). The van der Waals surface area contributed by atoms with Crippen molar-refractivity contribution in [3.05, 3.63) is 94.5 Å². The van der Waals surface area contributed by atoms with Crippen LogP contribution >= 0.6 is 11.6 Å². The minimum atomic E-state index is -0.534. The van der Waals surface area contributed by atoms with E-state index in [9.17, 15) is 4.79 Å². The van der Waals surface area contributed by atoms with Crippen molar-refractivity contribution >= 4 is 23.2 Å². The van der Waals surface area contributed by atoms with Crippen molar-refractivity contribution in [3.63, 3.8) is 0 Å². The first-order chi connectivity index (χ1) is 12.7. The predicted octanol–water partition coefficient (Wildman–Crippen LogP) is 4.87. The molecule has 1 atom stereocenters. The lowest BCUT2D eigenvalue weighted by molar-refractivity contribution is -0.122. The first kappa shape index (κ1) is 16.7. The highest BCUT2D eigenvalue weighted by Crippen LogP contribution is 2.31. The maximum Gasteiger partial charge on any atom is 0.265 e. The molecular formula is C22H18ClNO2. The zero-order valence-corrected chi connectivity index (χ0v) is 14.9. The lowest BCUT2D eigenvalue weighted by Gasteiger charge is -2.14. The SMILES string of the molecule is O=C(Nc1ccccc1Cc1ccccc1)C1Cc2cc(Cl)ccc2O1. The van der Waals surface area contributed by atoms with Gasteiger partial charge in [-0.05, 0) is 47.4 Å². The molecule has 3 aromatic carbocycles. The normalized spacial score (nSPS) is 15.2. The summed E-state index contributed by atoms with van der Waals surface area (Å²) in [6.07, 6.45) is 0.759. The van der Waals surface area contributed by atoms with E-state index in [4.69, 9.17) is 16.3 Å². The molecule has 0 aromatic heterocycles. The van der Waals surface area contributed by atoms with E-state index in [1.54, 1.807) is 6.07 Å². The molecule has 4 heteroatoms. The second-order valence-electron chi connectivity index (χ2n) is 6.37. The van der Waals surface area contributed by atoms with E-state index in [1.165, 1.54) is 5.56 Å². The highest BCUT2D eigenvalue weighted by Gasteiger charge is 2.29. The number of nitrogens with one attached hydrogen (secondary N) is 1. The number of amides is 1. The minimum absolute atomic E-state index is 0.141. The number of hydrogen-bond donors (Lipinski definition) is 1. The summed E-state index contributed by atoms with van der Waals surface area (Å²) in [5, 5.41) is 3.68. The molecule has 3 nitrogen and oxygen atoms in total. The van der Waals surface area contributed by atoms with Crippen molar-refractivity contribution in [1.82, 2.24) is 0 Å². The van der Waals surface area contributed by atoms with Gasteiger partial charge in [0.2, 0.25) is 0 Å². The van der Waals surface area contributed by atoms with Crippen LogP contribution in [-0.2, 0) is 17.6 Å². The van der Waals surface area contributed by atoms with Gasteiger partial charge >= 0.3 is 0 Å². The number of para-hydroxylation sites is 1. The van der Waals surface area contributed by atoms with E-state index in [1.807, 2.05) is 54.6 Å². The fourth-order valence-electron chi connectivity index (χ4n) is 3.19. The second-order valence-corrected chi connectivity index (χ2v) is 6.81. The zero-order chi connectivity index (χ0) is 17.9. The Labute approximate surface area is 157 Å². The number of hydrogen-bond acceptors (Lipinski definition) is 2. The first-order valence-electron chi connectivity index (χ1n) is 8.57. The van der Waals surface area contributed by atoms with Crippen molar-refractivity contribution in [2.24, 2.45) is 0 Å². The van der Waals surface area contributed by atoms with Crippen LogP contribution in [0.4, 0.5) is 5.69 Å². The molecule has 0 aliphatic carbocycles. The summed E-state index contributed by atoms with van der Waals surface area (Å²) in [6, 6.07) is 23.5. The van der Waals surface area contributed by atoms with E-state index < -0.39 is 6.10 Å². The van der Waals surface area contributed by atoms with Gasteiger partial charge in [-0.3, -0.25) is 4.79 Å². The van der Waals surface area contributed by atoms with Crippen molar-refractivity contribution in [2.45, 2.75) is 18.9 Å². The molecule has 4 rings (SSSR count). The fraction of sp³-hybridized carbons (Fsp3) is 0.136. The van der Waals surface area contributed by atoms with Crippen LogP contribution in [0, 0.1) is 0 Å². The molecule has 1 heterocycles. The maximum absolute atomic E-state index is 12.7. The topological polar surface area (TPSA) is 38.3 Å². The van der Waals surface area contributed by atoms with Crippen molar-refractivity contribution in [3.8, 4) is 5.75 Å². The molecule has 0 radical (unpaired) electrons. The van der Waals surface area contributed by atoms with Crippen LogP contribution in [0.25, 0.3) is 0 Å². The number of halogens is 1. The third-order valence-corrected chi connectivity index (χ3v) is 4.74. The summed E-state index contributed by atoms with van der Waals surface area (Å²) in [7, 11) is 0. The summed E-state index contributed by atoms with van der Waals surface area (Å²) >= 11 is 6.02. The Hall–Kier alpha value is -2.78. The van der Waals surface area contributed by atoms with Gasteiger partial charge in [0.05, 0.1) is 0 Å². The maximum atomic E-state index is 12.7. The van der Waals surface area contributed by atoms with Crippen molar-refractivity contribution < 1.29 is 9.53 Å². The molecule has 0 saturated carbocycles. The van der Waals surface area contributed by atoms with Gasteiger partial charge in [-0.1, -0.05) is 60.1 Å². The molecular weight excluding hydrogens is 346 g/mol. The van der Waals surface area contributed by atoms with Crippen LogP contribution < -0.4 is 10.1 Å². The lowest BCUT2D eigenvalue weighted by Crippen LogP contribution is -2.31. The third-order valence-electron chi connectivity index (χ3n) is 4.50. The van der Waals surface area contributed by atoms with E-state index in [-0.39, 0.29) is 5.91 Å². The third kappa shape index (κ3) is 3.58. The summed E-state index contributed by atoms with van der Waals surface area (Å²) in [6.45, 7) is 0. The van der Waals surface area contributed by atoms with Crippen LogP contribution in [0.1, 0.15) is 16.7 Å². The summed E-state index contributed by atoms with van der Waals surface area (Å²) in [5.74, 6) is 0.588. The number of ether oxygens (including phenoxy) is 1. The summed E-state index contributed by atoms with van der Waals surface area (Å²) in [5.41, 5.74) is 4.06. The number of fused-ring (bicyclic) bond motifs is 1. The summed E-state index contributed by atoms with van der Waals surface area (Å²) in [4.78, 5) is 12.7. The Kier molecular flexibility index (Phi) is 4.63. The highest BCUT2D eigenvalue weighted by molar-refractivity contribution is 6.30. The van der Waals surface area contributed by atoms with Crippen LogP contribution in [0.5, 0.6) is 5.75 Å². The Morgan fingerprint density at radius 1 is 1.04 bits per heavy atom. The van der Waals surface area contributed by atoms with E-state index in [0.717, 1.165) is 29.0 Å². The highest BCUT2D eigenvalue weighted by atomic mass is 35.5. The smallest absolute Gasteiger partial charge is 0.265 e. The van der Waals surface area contributed by atoms with Crippen LogP contribution in [-0.4, -0.2) is 12.0 Å². The molecule has 1 amide bonds. The van der Waals surface area contributed by atoms with E-state index in [0.29, 0.717) is 11.4 Å². The summed E-state index contributed by atoms with van der Waals surface area (Å²) < 4.78 is 5.78. The Morgan fingerprint density at radius 2 is 1.81 bits per heavy atom. The quantitative estimate of drug-likeness (QED) is 0.718. The average molecular weight is 364 g/mol. The molecule has 1 aliphatic heterocycles. The van der Waals surface area contributed by atoms with Gasteiger partial charge in [0.15, 0.2) is 6.10 Å². The van der Waals surface area contributed by atoms with Gasteiger partial charge in [0, 0.05) is 17.1 Å². The predicted molar refractivity (Wildman–Crippen MR) is 104 cm³/mol. The molecule has 0 fully saturated rings. The minimum Gasteiger partial charge on any atom is -0.480 e. The fourth-order valence-corrected chi connectivity index (χ4v) is 3.38. The van der Waals surface area contributed by atoms with Gasteiger partial charge < -0.3 is 10.1 Å². The second kappa shape index (κ2) is 7.22. The number of carbonyl (C=O) groups excluding carboxylic acids is 1. The Balaban J connectivity index is 1.49. The van der Waals surface area contributed by atoms with Gasteiger partial charge in [-0.25, -0.2) is 0 Å². The number of anilines is 1. The van der Waals surface area contributed by atoms with E-state index in [2.05, 4.69) is 17.4 Å². The van der Waals surface area contributed by atoms with Crippen molar-refractivity contribution in [2.75, 3.05) is 5.32 Å².